The van der Waals surface area contributed by atoms with Crippen LogP contribution in [-0.2, 0) is 24.1 Å². The van der Waals surface area contributed by atoms with Crippen LogP contribution < -0.4 is 4.74 Å². The summed E-state index contributed by atoms with van der Waals surface area (Å²) in [5.74, 6) is 1.48. The van der Waals surface area contributed by atoms with Crippen LogP contribution >= 0.6 is 0 Å². The van der Waals surface area contributed by atoms with Crippen molar-refractivity contribution in [3.63, 3.8) is 0 Å². The molecule has 0 saturated heterocycles. The molecular weight excluding hydrogens is 558 g/mol. The van der Waals surface area contributed by atoms with Gasteiger partial charge in [-0.3, -0.25) is 4.79 Å². The highest BCUT2D eigenvalue weighted by Gasteiger charge is 2.11. The molecule has 1 aromatic heterocycles. The number of allylic oxidation sites excluding steroid dienone is 2. The molecule has 45 heavy (non-hydrogen) atoms. The van der Waals surface area contributed by atoms with Gasteiger partial charge in [-0.2, -0.15) is 0 Å². The lowest BCUT2D eigenvalue weighted by atomic mass is 9.96. The summed E-state index contributed by atoms with van der Waals surface area (Å²) in [5.41, 5.74) is 6.41. The van der Waals surface area contributed by atoms with Gasteiger partial charge in [0.05, 0.1) is 6.61 Å². The molecule has 0 aliphatic carbocycles. The number of H-pyrrole nitrogens is 1. The number of phenols is 2. The van der Waals surface area contributed by atoms with Crippen molar-refractivity contribution in [2.24, 2.45) is 5.92 Å². The zero-order valence-corrected chi connectivity index (χ0v) is 26.0. The number of ketones is 1. The molecule has 5 nitrogen and oxygen atoms in total. The second-order valence-electron chi connectivity index (χ2n) is 12.0. The van der Waals surface area contributed by atoms with Gasteiger partial charge in [-0.25, -0.2) is 0 Å². The number of carbonyl (C=O) groups excluding carboxylic acids is 1. The van der Waals surface area contributed by atoms with Crippen LogP contribution in [0.3, 0.4) is 0 Å². The number of aromatic hydroxyl groups is 2. The smallest absolute Gasteiger partial charge is 0.161 e. The minimum atomic E-state index is 0.0757. The van der Waals surface area contributed by atoms with Gasteiger partial charge in [0.15, 0.2) is 17.3 Å². The van der Waals surface area contributed by atoms with Crippen LogP contribution in [0, 0.1) is 5.92 Å². The fourth-order valence-corrected chi connectivity index (χ4v) is 5.72. The van der Waals surface area contributed by atoms with E-state index in [9.17, 15) is 15.0 Å². The summed E-state index contributed by atoms with van der Waals surface area (Å²) in [6, 6.07) is 29.5. The Balaban J connectivity index is 1.06. The van der Waals surface area contributed by atoms with E-state index in [2.05, 4.69) is 48.3 Å². The van der Waals surface area contributed by atoms with E-state index in [1.165, 1.54) is 18.4 Å². The van der Waals surface area contributed by atoms with Crippen LogP contribution in [0.2, 0.25) is 0 Å². The van der Waals surface area contributed by atoms with Crippen LogP contribution in [-0.4, -0.2) is 27.6 Å². The summed E-state index contributed by atoms with van der Waals surface area (Å²) in [5, 5.41) is 21.7. The van der Waals surface area contributed by atoms with Gasteiger partial charge in [-0.05, 0) is 120 Å². The monoisotopic (exact) mass is 601 g/mol. The van der Waals surface area contributed by atoms with Gasteiger partial charge in [0.1, 0.15) is 5.75 Å². The number of carbonyl (C=O) groups is 1. The minimum absolute atomic E-state index is 0.0757. The van der Waals surface area contributed by atoms with Gasteiger partial charge < -0.3 is 19.9 Å². The number of aromatic nitrogens is 1. The summed E-state index contributed by atoms with van der Waals surface area (Å²) in [6.45, 7) is 2.66. The number of benzene rings is 4. The van der Waals surface area contributed by atoms with Crippen molar-refractivity contribution in [1.29, 1.82) is 0 Å². The number of hydrogen-bond acceptors (Lipinski definition) is 4. The van der Waals surface area contributed by atoms with Crippen molar-refractivity contribution < 1.29 is 19.7 Å². The lowest BCUT2D eigenvalue weighted by molar-refractivity contribution is -0.114. The van der Waals surface area contributed by atoms with Crippen molar-refractivity contribution in [3.8, 4) is 28.4 Å². The SMILES string of the molecule is C[C@H](CCC/C=C/C(=O)CCc1ccc(O)c(OCCc2ccc(O)cc2-c2ccc3[nH]ccc3c2)c1)CCc1ccccc1. The number of rotatable bonds is 16. The van der Waals surface area contributed by atoms with Crippen molar-refractivity contribution >= 4 is 16.7 Å². The molecule has 4 aromatic carbocycles. The first kappa shape index (κ1) is 31.6. The largest absolute Gasteiger partial charge is 0.508 e. The first-order valence-corrected chi connectivity index (χ1v) is 16.0. The second-order valence-corrected chi connectivity index (χ2v) is 12.0. The summed E-state index contributed by atoms with van der Waals surface area (Å²) >= 11 is 0. The number of unbranched alkanes of at least 4 members (excludes halogenated alkanes) is 1. The van der Waals surface area contributed by atoms with E-state index in [-0.39, 0.29) is 17.3 Å². The highest BCUT2D eigenvalue weighted by Crippen LogP contribution is 2.32. The number of fused-ring (bicyclic) bond motifs is 1. The lowest BCUT2D eigenvalue weighted by Crippen LogP contribution is -2.04. The van der Waals surface area contributed by atoms with E-state index < -0.39 is 0 Å². The standard InChI is InChI=1S/C40H43NO4/c1-29(12-13-30-9-5-3-6-10-30)8-4-2-7-11-35(42)18-14-31-15-21-39(44)40(26-31)45-25-23-32-16-19-36(43)28-37(32)33-17-20-38-34(27-33)22-24-41-38/h3,5-7,9-11,15-17,19-22,24,26-29,41,43-44H,2,4,8,12-14,18,23,25H2,1H3/b11-7+/t29-/m1/s1. The Morgan fingerprint density at radius 2 is 1.73 bits per heavy atom. The van der Waals surface area contributed by atoms with Crippen molar-refractivity contribution in [1.82, 2.24) is 4.98 Å². The summed E-state index contributed by atoms with van der Waals surface area (Å²) in [7, 11) is 0. The molecule has 1 atom stereocenters. The zero-order chi connectivity index (χ0) is 31.4. The van der Waals surface area contributed by atoms with Crippen molar-refractivity contribution in [2.75, 3.05) is 6.61 Å². The van der Waals surface area contributed by atoms with Gasteiger partial charge in [0.2, 0.25) is 0 Å². The first-order chi connectivity index (χ1) is 21.9. The van der Waals surface area contributed by atoms with E-state index in [0.29, 0.717) is 37.5 Å². The van der Waals surface area contributed by atoms with Crippen molar-refractivity contribution in [2.45, 2.75) is 58.3 Å². The molecule has 232 valence electrons. The Morgan fingerprint density at radius 3 is 2.60 bits per heavy atom. The number of hydrogen-bond donors (Lipinski definition) is 3. The minimum Gasteiger partial charge on any atom is -0.508 e. The molecule has 0 amide bonds. The number of aromatic amines is 1. The molecular formula is C40H43NO4. The van der Waals surface area contributed by atoms with Crippen LogP contribution in [0.1, 0.15) is 55.7 Å². The first-order valence-electron chi connectivity index (χ1n) is 16.0. The van der Waals surface area contributed by atoms with E-state index in [1.807, 2.05) is 48.7 Å². The van der Waals surface area contributed by atoms with Crippen LogP contribution in [0.4, 0.5) is 0 Å². The number of nitrogens with one attached hydrogen (secondary N) is 1. The molecule has 5 rings (SSSR count). The molecule has 0 unspecified atom stereocenters. The Kier molecular flexibility index (Phi) is 11.1. The number of ether oxygens (including phenoxy) is 1. The predicted octanol–water partition coefficient (Wildman–Crippen LogP) is 9.36. The Hall–Kier alpha value is -4.77. The molecule has 0 aliphatic heterocycles. The maximum Gasteiger partial charge on any atom is 0.161 e. The van der Waals surface area contributed by atoms with Crippen LogP contribution in [0.15, 0.2) is 109 Å². The number of aryl methyl sites for hydroxylation is 2. The Labute approximate surface area is 266 Å². The summed E-state index contributed by atoms with van der Waals surface area (Å²) < 4.78 is 6.00. The molecule has 3 N–H and O–H groups in total. The van der Waals surface area contributed by atoms with Gasteiger partial charge in [0, 0.05) is 24.6 Å². The Morgan fingerprint density at radius 1 is 0.867 bits per heavy atom. The lowest BCUT2D eigenvalue weighted by Gasteiger charge is -2.13. The molecule has 0 fully saturated rings. The highest BCUT2D eigenvalue weighted by atomic mass is 16.5. The third-order valence-electron chi connectivity index (χ3n) is 8.41. The predicted molar refractivity (Wildman–Crippen MR) is 183 cm³/mol. The van der Waals surface area contributed by atoms with E-state index >= 15 is 0 Å². The van der Waals surface area contributed by atoms with Gasteiger partial charge in [-0.15, -0.1) is 0 Å². The van der Waals surface area contributed by atoms with E-state index in [1.54, 1.807) is 24.3 Å². The molecule has 0 saturated carbocycles. The quantitative estimate of drug-likeness (QED) is 0.0777. The highest BCUT2D eigenvalue weighted by molar-refractivity contribution is 5.89. The Bertz CT molecular complexity index is 1720. The van der Waals surface area contributed by atoms with Crippen molar-refractivity contribution in [3.05, 3.63) is 126 Å². The maximum absolute atomic E-state index is 12.5. The van der Waals surface area contributed by atoms with Gasteiger partial charge in [-0.1, -0.05) is 68.0 Å². The third kappa shape index (κ3) is 9.36. The average Bonchev–Trinajstić information content (AvgIpc) is 3.53. The molecule has 5 heteroatoms. The van der Waals surface area contributed by atoms with Gasteiger partial charge in [0.25, 0.3) is 0 Å². The normalized spacial score (nSPS) is 12.1. The summed E-state index contributed by atoms with van der Waals surface area (Å²) in [4.78, 5) is 15.7. The summed E-state index contributed by atoms with van der Waals surface area (Å²) in [6.07, 6.45) is 12.7. The topological polar surface area (TPSA) is 82.6 Å². The van der Waals surface area contributed by atoms with E-state index in [4.69, 9.17) is 4.74 Å². The van der Waals surface area contributed by atoms with Crippen LogP contribution in [0.25, 0.3) is 22.0 Å². The fourth-order valence-electron chi connectivity index (χ4n) is 5.72. The van der Waals surface area contributed by atoms with Crippen LogP contribution in [0.5, 0.6) is 17.2 Å². The molecule has 1 heterocycles. The average molecular weight is 602 g/mol. The fraction of sp³-hybridized carbons (Fsp3) is 0.275. The molecule has 0 bridgehead atoms. The molecule has 0 radical (unpaired) electrons. The molecule has 0 spiro atoms. The maximum atomic E-state index is 12.5. The number of phenolic OH excluding ortho intramolecular Hbond substituents is 2. The zero-order valence-electron chi connectivity index (χ0n) is 26.0. The molecule has 0 aliphatic rings. The third-order valence-corrected chi connectivity index (χ3v) is 8.41. The van der Waals surface area contributed by atoms with E-state index in [0.717, 1.165) is 52.4 Å². The molecule has 5 aromatic rings. The second kappa shape index (κ2) is 15.8. The van der Waals surface area contributed by atoms with Gasteiger partial charge >= 0.3 is 0 Å².